The Bertz CT molecular complexity index is 341. The average Bonchev–Trinajstić information content (AvgIpc) is 1.81. The SMILES string of the molecule is O=S(=O)([O-])[O-].[Fe+2].[O-][n+]1cccc(O)c1. The van der Waals surface area contributed by atoms with Gasteiger partial charge < -0.3 is 19.4 Å². The fourth-order valence-electron chi connectivity index (χ4n) is 0.443. The van der Waals surface area contributed by atoms with E-state index in [-0.39, 0.29) is 22.8 Å². The van der Waals surface area contributed by atoms with Crippen molar-refractivity contribution in [3.8, 4) is 5.75 Å². The maximum Gasteiger partial charge on any atom is 2.00 e. The molecule has 0 spiro atoms. The second kappa shape index (κ2) is 6.57. The minimum Gasteiger partial charge on any atom is -0.759 e. The molecule has 1 heterocycles. The van der Waals surface area contributed by atoms with E-state index in [4.69, 9.17) is 22.6 Å². The van der Waals surface area contributed by atoms with Crippen LogP contribution in [0.25, 0.3) is 0 Å². The molecule has 1 aromatic heterocycles. The Morgan fingerprint density at radius 1 is 1.36 bits per heavy atom. The van der Waals surface area contributed by atoms with E-state index in [1.54, 1.807) is 0 Å². The van der Waals surface area contributed by atoms with Gasteiger partial charge in [0.05, 0.1) is 0 Å². The summed E-state index contributed by atoms with van der Waals surface area (Å²) in [6.07, 6.45) is 2.39. The first-order valence-electron chi connectivity index (χ1n) is 2.83. The van der Waals surface area contributed by atoms with Crippen LogP contribution in [0.5, 0.6) is 5.75 Å². The zero-order chi connectivity index (χ0) is 10.5. The minimum atomic E-state index is -5.17. The van der Waals surface area contributed by atoms with Gasteiger partial charge in [-0.2, -0.15) is 4.73 Å². The molecule has 0 fully saturated rings. The predicted octanol–water partition coefficient (Wildman–Crippen LogP) is -1.31. The number of aromatic nitrogens is 1. The van der Waals surface area contributed by atoms with Crippen molar-refractivity contribution in [1.29, 1.82) is 0 Å². The molecule has 0 aliphatic rings. The van der Waals surface area contributed by atoms with Crippen molar-refractivity contribution in [3.05, 3.63) is 29.7 Å². The van der Waals surface area contributed by atoms with Gasteiger partial charge in [0.15, 0.2) is 11.9 Å². The van der Waals surface area contributed by atoms with Crippen LogP contribution in [0.2, 0.25) is 0 Å². The molecule has 0 amide bonds. The molecule has 1 aromatic rings. The monoisotopic (exact) mass is 263 g/mol. The van der Waals surface area contributed by atoms with Crippen LogP contribution in [0.4, 0.5) is 0 Å². The van der Waals surface area contributed by atoms with Gasteiger partial charge in [0.2, 0.25) is 6.20 Å². The summed E-state index contributed by atoms with van der Waals surface area (Å²) in [4.78, 5) is 0. The maximum atomic E-state index is 10.2. The second-order valence-electron chi connectivity index (χ2n) is 1.83. The molecule has 0 bridgehead atoms. The third kappa shape index (κ3) is 13.7. The van der Waals surface area contributed by atoms with Crippen molar-refractivity contribution in [2.45, 2.75) is 0 Å². The summed E-state index contributed by atoms with van der Waals surface area (Å²) >= 11 is 0. The van der Waals surface area contributed by atoms with Gasteiger partial charge in [0.1, 0.15) is 0 Å². The van der Waals surface area contributed by atoms with Crippen molar-refractivity contribution in [2.24, 2.45) is 0 Å². The summed E-state index contributed by atoms with van der Waals surface area (Å²) in [5.74, 6) is -0.0116. The minimum absolute atomic E-state index is 0. The molecule has 1 rings (SSSR count). The van der Waals surface area contributed by atoms with Crippen molar-refractivity contribution in [1.82, 2.24) is 0 Å². The van der Waals surface area contributed by atoms with Crippen molar-refractivity contribution < 1.29 is 44.4 Å². The summed E-state index contributed by atoms with van der Waals surface area (Å²) in [5.41, 5.74) is 0. The Labute approximate surface area is 90.6 Å². The van der Waals surface area contributed by atoms with Gasteiger partial charge in [-0.3, -0.25) is 8.42 Å². The molecule has 0 unspecified atom stereocenters. The van der Waals surface area contributed by atoms with Crippen LogP contribution in [-0.4, -0.2) is 22.6 Å². The molecule has 0 atom stereocenters. The molecule has 7 nitrogen and oxygen atoms in total. The normalized spacial score (nSPS) is 9.29. The molecule has 1 N–H and O–H groups in total. The second-order valence-corrected chi connectivity index (χ2v) is 2.65. The van der Waals surface area contributed by atoms with E-state index in [0.29, 0.717) is 4.73 Å². The third-order valence-electron chi connectivity index (χ3n) is 0.759. The largest absolute Gasteiger partial charge is 2.00 e. The molecule has 9 heteroatoms. The number of nitrogens with zero attached hydrogens (tertiary/aromatic N) is 1. The molecule has 80 valence electrons. The first kappa shape index (κ1) is 15.6. The number of hydrogen-bond acceptors (Lipinski definition) is 6. The van der Waals surface area contributed by atoms with Crippen LogP contribution in [0.15, 0.2) is 24.5 Å². The first-order chi connectivity index (χ1) is 5.79. The molecule has 0 aromatic carbocycles. The van der Waals surface area contributed by atoms with Crippen LogP contribution in [0.1, 0.15) is 0 Å². The van der Waals surface area contributed by atoms with E-state index in [1.807, 2.05) is 0 Å². The van der Waals surface area contributed by atoms with Gasteiger partial charge in [-0.1, -0.05) is 0 Å². The first-order valence-corrected chi connectivity index (χ1v) is 4.17. The number of rotatable bonds is 0. The standard InChI is InChI=1S/C5H5NO2.Fe.H2O4S/c7-5-2-1-3-6(8)4-5;;1-5(2,3)4/h1-4,7H;;(H2,1,2,3,4)/q;+2;/p-2. The van der Waals surface area contributed by atoms with Crippen molar-refractivity contribution in [2.75, 3.05) is 0 Å². The van der Waals surface area contributed by atoms with E-state index in [0.717, 1.165) is 6.20 Å². The van der Waals surface area contributed by atoms with Gasteiger partial charge in [-0.05, 0) is 6.07 Å². The van der Waals surface area contributed by atoms with Gasteiger partial charge >= 0.3 is 17.1 Å². The molecule has 0 saturated carbocycles. The summed E-state index contributed by atoms with van der Waals surface area (Å²) < 4.78 is 34.6. The molecule has 0 radical (unpaired) electrons. The van der Waals surface area contributed by atoms with Crippen LogP contribution in [0, 0.1) is 5.21 Å². The molecule has 14 heavy (non-hydrogen) atoms. The van der Waals surface area contributed by atoms with Crippen LogP contribution < -0.4 is 4.73 Å². The van der Waals surface area contributed by atoms with Crippen molar-refractivity contribution in [3.63, 3.8) is 0 Å². The summed E-state index contributed by atoms with van der Waals surface area (Å²) in [7, 11) is -5.17. The molecular formula is C5H5FeNO6S. The van der Waals surface area contributed by atoms with Crippen molar-refractivity contribution >= 4 is 10.4 Å². The van der Waals surface area contributed by atoms with Crippen LogP contribution in [0.3, 0.4) is 0 Å². The Morgan fingerprint density at radius 2 is 1.79 bits per heavy atom. The van der Waals surface area contributed by atoms with E-state index >= 15 is 0 Å². The summed E-state index contributed by atoms with van der Waals surface area (Å²) in [6, 6.07) is 2.91. The Hall–Kier alpha value is -0.861. The van der Waals surface area contributed by atoms with E-state index < -0.39 is 10.4 Å². The average molecular weight is 263 g/mol. The number of pyridine rings is 1. The van der Waals surface area contributed by atoms with Gasteiger partial charge in [0, 0.05) is 16.5 Å². The summed E-state index contributed by atoms with van der Waals surface area (Å²) in [6.45, 7) is 0. The van der Waals surface area contributed by atoms with Gasteiger partial charge in [-0.25, -0.2) is 0 Å². The zero-order valence-electron chi connectivity index (χ0n) is 6.51. The number of aromatic hydroxyl groups is 1. The summed E-state index contributed by atoms with van der Waals surface area (Å²) in [5, 5.41) is 18.8. The predicted molar refractivity (Wildman–Crippen MR) is 37.5 cm³/mol. The molecule has 0 aliphatic carbocycles. The Balaban J connectivity index is 0. The Kier molecular flexibility index (Phi) is 7.33. The van der Waals surface area contributed by atoms with Gasteiger partial charge in [0.25, 0.3) is 0 Å². The molecule has 0 aliphatic heterocycles. The smallest absolute Gasteiger partial charge is 0.759 e. The quantitative estimate of drug-likeness (QED) is 0.203. The van der Waals surface area contributed by atoms with E-state index in [9.17, 15) is 5.21 Å². The molecular weight excluding hydrogens is 258 g/mol. The fourth-order valence-corrected chi connectivity index (χ4v) is 0.443. The third-order valence-corrected chi connectivity index (χ3v) is 0.759. The number of hydrogen-bond donors (Lipinski definition) is 1. The topological polar surface area (TPSA) is 127 Å². The van der Waals surface area contributed by atoms with E-state index in [1.165, 1.54) is 18.3 Å². The maximum absolute atomic E-state index is 10.2. The Morgan fingerprint density at radius 3 is 2.00 bits per heavy atom. The van der Waals surface area contributed by atoms with Gasteiger partial charge in [-0.15, -0.1) is 0 Å². The zero-order valence-corrected chi connectivity index (χ0v) is 8.43. The van der Waals surface area contributed by atoms with E-state index in [2.05, 4.69) is 0 Å². The van der Waals surface area contributed by atoms with Crippen LogP contribution >= 0.6 is 0 Å². The molecule has 0 saturated heterocycles. The van der Waals surface area contributed by atoms with Crippen LogP contribution in [-0.2, 0) is 27.5 Å². The fraction of sp³-hybridized carbons (Fsp3) is 0.